The molecule has 0 bridgehead atoms. The molecule has 0 aromatic heterocycles. The summed E-state index contributed by atoms with van der Waals surface area (Å²) in [6, 6.07) is 7.72. The second kappa shape index (κ2) is 7.70. The minimum atomic E-state index is -0.0699. The van der Waals surface area contributed by atoms with Crippen LogP contribution in [0.3, 0.4) is 0 Å². The highest BCUT2D eigenvalue weighted by Gasteiger charge is 1.88. The van der Waals surface area contributed by atoms with Gasteiger partial charge in [-0.15, -0.1) is 0 Å². The number of hydrogen-bond acceptors (Lipinski definition) is 1. The summed E-state index contributed by atoms with van der Waals surface area (Å²) in [6.07, 6.45) is 6.83. The summed E-state index contributed by atoms with van der Waals surface area (Å²) in [6.45, 7) is 1.48. The Morgan fingerprint density at radius 1 is 1.47 bits per heavy atom. The monoisotopic (exact) mass is 246 g/mol. The van der Waals surface area contributed by atoms with E-state index in [4.69, 9.17) is 11.6 Å². The van der Waals surface area contributed by atoms with Gasteiger partial charge in [0.1, 0.15) is 0 Å². The Hall–Kier alpha value is -1.52. The van der Waals surface area contributed by atoms with Crippen LogP contribution in [-0.2, 0) is 4.79 Å². The van der Waals surface area contributed by atoms with Crippen molar-refractivity contribution in [1.82, 2.24) is 0 Å². The number of allylic oxidation sites excluding steroid dienone is 1. The van der Waals surface area contributed by atoms with Crippen molar-refractivity contribution in [2.45, 2.75) is 26.2 Å². The lowest BCUT2D eigenvalue weighted by Gasteiger charge is -1.94. The first-order valence-electron chi connectivity index (χ1n) is 5.60. The first kappa shape index (κ1) is 13.5. The molecular weight excluding hydrogens is 232 g/mol. The molecule has 1 nitrogen and oxygen atoms in total. The average molecular weight is 247 g/mol. The molecule has 0 saturated carbocycles. The van der Waals surface area contributed by atoms with Gasteiger partial charge >= 0.3 is 0 Å². The maximum atomic E-state index is 10.5. The Labute approximate surface area is 107 Å². The SMILES string of the molecule is CC(=O)C#CCCC/C=C/c1cccc(Cl)c1. The van der Waals surface area contributed by atoms with Crippen molar-refractivity contribution in [2.75, 3.05) is 0 Å². The standard InChI is InChI=1S/C15H15ClO/c1-13(17)8-5-3-2-4-6-9-14-10-7-11-15(16)12-14/h6-7,9-12H,2-4H2,1H3/b9-6+. The molecule has 1 aromatic rings. The Morgan fingerprint density at radius 3 is 3.00 bits per heavy atom. The van der Waals surface area contributed by atoms with Crippen molar-refractivity contribution >= 4 is 23.5 Å². The van der Waals surface area contributed by atoms with Crippen LogP contribution in [-0.4, -0.2) is 5.78 Å². The Kier molecular flexibility index (Phi) is 6.14. The van der Waals surface area contributed by atoms with E-state index in [-0.39, 0.29) is 5.78 Å². The maximum absolute atomic E-state index is 10.5. The normalized spacial score (nSPS) is 10.0. The minimum absolute atomic E-state index is 0.0699. The predicted molar refractivity (Wildman–Crippen MR) is 72.8 cm³/mol. The van der Waals surface area contributed by atoms with Crippen LogP contribution in [0.4, 0.5) is 0 Å². The third-order valence-electron chi connectivity index (χ3n) is 2.10. The molecule has 0 fully saturated rings. The van der Waals surface area contributed by atoms with E-state index in [0.717, 1.165) is 29.8 Å². The van der Waals surface area contributed by atoms with E-state index < -0.39 is 0 Å². The van der Waals surface area contributed by atoms with Crippen LogP contribution in [0.5, 0.6) is 0 Å². The second-order valence-electron chi connectivity index (χ2n) is 3.71. The topological polar surface area (TPSA) is 17.1 Å². The maximum Gasteiger partial charge on any atom is 0.202 e. The van der Waals surface area contributed by atoms with Gasteiger partial charge in [-0.05, 0) is 36.5 Å². The van der Waals surface area contributed by atoms with Gasteiger partial charge in [0.25, 0.3) is 0 Å². The van der Waals surface area contributed by atoms with Gasteiger partial charge in [-0.2, -0.15) is 0 Å². The van der Waals surface area contributed by atoms with Crippen LogP contribution in [0.1, 0.15) is 31.7 Å². The zero-order chi connectivity index (χ0) is 12.5. The highest BCUT2D eigenvalue weighted by Crippen LogP contribution is 2.12. The van der Waals surface area contributed by atoms with E-state index in [1.54, 1.807) is 0 Å². The summed E-state index contributed by atoms with van der Waals surface area (Å²) in [5, 5.41) is 0.750. The van der Waals surface area contributed by atoms with Crippen molar-refractivity contribution in [3.8, 4) is 11.8 Å². The third kappa shape index (κ3) is 6.60. The molecule has 0 saturated heterocycles. The zero-order valence-electron chi connectivity index (χ0n) is 9.87. The molecule has 0 radical (unpaired) electrons. The highest BCUT2D eigenvalue weighted by atomic mass is 35.5. The van der Waals surface area contributed by atoms with Crippen LogP contribution in [0.2, 0.25) is 5.02 Å². The molecule has 0 N–H and O–H groups in total. The van der Waals surface area contributed by atoms with Crippen molar-refractivity contribution in [2.24, 2.45) is 0 Å². The van der Waals surface area contributed by atoms with Crippen LogP contribution >= 0.6 is 11.6 Å². The molecule has 0 unspecified atom stereocenters. The molecule has 0 spiro atoms. The fourth-order valence-electron chi connectivity index (χ4n) is 1.32. The Bertz CT molecular complexity index is 463. The number of carbonyl (C=O) groups excluding carboxylic acids is 1. The van der Waals surface area contributed by atoms with Crippen molar-refractivity contribution in [3.05, 3.63) is 40.9 Å². The number of benzene rings is 1. The predicted octanol–water partition coefficient (Wildman–Crippen LogP) is 4.12. The lowest BCUT2D eigenvalue weighted by Crippen LogP contribution is -1.80. The number of hydrogen-bond donors (Lipinski definition) is 0. The van der Waals surface area contributed by atoms with E-state index >= 15 is 0 Å². The molecular formula is C15H15ClO. The summed E-state index contributed by atoms with van der Waals surface area (Å²) in [5.74, 6) is 5.30. The Morgan fingerprint density at radius 2 is 2.29 bits per heavy atom. The first-order chi connectivity index (χ1) is 8.18. The van der Waals surface area contributed by atoms with Gasteiger partial charge in [-0.1, -0.05) is 41.8 Å². The zero-order valence-corrected chi connectivity index (χ0v) is 10.6. The average Bonchev–Trinajstić information content (AvgIpc) is 2.27. The van der Waals surface area contributed by atoms with Crippen LogP contribution in [0.25, 0.3) is 6.08 Å². The lowest BCUT2D eigenvalue weighted by atomic mass is 10.1. The van der Waals surface area contributed by atoms with E-state index in [0.29, 0.717) is 0 Å². The molecule has 1 aromatic carbocycles. The number of carbonyl (C=O) groups is 1. The molecule has 1 rings (SSSR count). The lowest BCUT2D eigenvalue weighted by molar-refractivity contribution is -0.111. The number of unbranched alkanes of at least 4 members (excludes halogenated alkanes) is 2. The molecule has 0 heterocycles. The number of rotatable bonds is 4. The molecule has 0 atom stereocenters. The van der Waals surface area contributed by atoms with E-state index in [9.17, 15) is 4.79 Å². The smallest absolute Gasteiger partial charge is 0.202 e. The molecule has 2 heteroatoms. The van der Waals surface area contributed by atoms with Crippen LogP contribution in [0.15, 0.2) is 30.3 Å². The first-order valence-corrected chi connectivity index (χ1v) is 5.98. The number of halogens is 1. The van der Waals surface area contributed by atoms with Gasteiger partial charge in [0, 0.05) is 18.4 Å². The number of Topliss-reactive ketones (excluding diaryl/α,β-unsaturated/α-hetero) is 1. The van der Waals surface area contributed by atoms with Crippen molar-refractivity contribution < 1.29 is 4.79 Å². The van der Waals surface area contributed by atoms with Gasteiger partial charge in [0.15, 0.2) is 0 Å². The largest absolute Gasteiger partial charge is 0.285 e. The highest BCUT2D eigenvalue weighted by molar-refractivity contribution is 6.30. The quantitative estimate of drug-likeness (QED) is 0.444. The summed E-state index contributed by atoms with van der Waals surface area (Å²) in [5.41, 5.74) is 1.10. The summed E-state index contributed by atoms with van der Waals surface area (Å²) in [7, 11) is 0. The molecule has 17 heavy (non-hydrogen) atoms. The van der Waals surface area contributed by atoms with Crippen LogP contribution in [0, 0.1) is 11.8 Å². The van der Waals surface area contributed by atoms with Crippen LogP contribution < -0.4 is 0 Å². The van der Waals surface area contributed by atoms with Gasteiger partial charge in [0.2, 0.25) is 5.78 Å². The van der Waals surface area contributed by atoms with Gasteiger partial charge in [0.05, 0.1) is 0 Å². The van der Waals surface area contributed by atoms with E-state index in [1.807, 2.05) is 30.3 Å². The van der Waals surface area contributed by atoms with Gasteiger partial charge in [-0.25, -0.2) is 0 Å². The van der Waals surface area contributed by atoms with E-state index in [2.05, 4.69) is 17.9 Å². The van der Waals surface area contributed by atoms with E-state index in [1.165, 1.54) is 6.92 Å². The van der Waals surface area contributed by atoms with Crippen molar-refractivity contribution in [1.29, 1.82) is 0 Å². The van der Waals surface area contributed by atoms with Gasteiger partial charge in [-0.3, -0.25) is 4.79 Å². The molecule has 0 aliphatic rings. The molecule has 88 valence electrons. The summed E-state index contributed by atoms with van der Waals surface area (Å²) in [4.78, 5) is 10.5. The fourth-order valence-corrected chi connectivity index (χ4v) is 1.52. The van der Waals surface area contributed by atoms with Gasteiger partial charge < -0.3 is 0 Å². The molecule has 0 amide bonds. The van der Waals surface area contributed by atoms with Crippen molar-refractivity contribution in [3.63, 3.8) is 0 Å². The molecule has 0 aliphatic heterocycles. The third-order valence-corrected chi connectivity index (χ3v) is 2.33. The minimum Gasteiger partial charge on any atom is -0.285 e. The summed E-state index contributed by atoms with van der Waals surface area (Å²) < 4.78 is 0. The Balaban J connectivity index is 2.28. The summed E-state index contributed by atoms with van der Waals surface area (Å²) >= 11 is 5.87. The number of ketones is 1. The molecule has 0 aliphatic carbocycles. The fraction of sp³-hybridized carbons (Fsp3) is 0.267. The second-order valence-corrected chi connectivity index (χ2v) is 4.14.